The minimum atomic E-state index is -0.734. The maximum absolute atomic E-state index is 14.4. The first kappa shape index (κ1) is 19.3. The van der Waals surface area contributed by atoms with Gasteiger partial charge in [-0.2, -0.15) is 5.10 Å². The molecule has 2 saturated heterocycles. The molecule has 1 aromatic carbocycles. The lowest BCUT2D eigenvalue weighted by molar-refractivity contribution is -0.143. The third-order valence-electron chi connectivity index (χ3n) is 8.51. The van der Waals surface area contributed by atoms with Crippen LogP contribution in [-0.4, -0.2) is 47.3 Å². The second kappa shape index (κ2) is 6.09. The first-order valence-corrected chi connectivity index (χ1v) is 11.0. The zero-order chi connectivity index (χ0) is 21.6. The molecule has 3 fully saturated rings. The lowest BCUT2D eigenvalue weighted by Crippen LogP contribution is -2.53. The highest BCUT2D eigenvalue weighted by atomic mass is 19.1. The van der Waals surface area contributed by atoms with Crippen LogP contribution in [0.4, 0.5) is 8.78 Å². The summed E-state index contributed by atoms with van der Waals surface area (Å²) in [6, 6.07) is 5.54. The van der Waals surface area contributed by atoms with E-state index in [0.29, 0.717) is 5.69 Å². The second-order valence-corrected chi connectivity index (χ2v) is 10.3. The minimum Gasteiger partial charge on any atom is -0.380 e. The van der Waals surface area contributed by atoms with Crippen molar-refractivity contribution in [3.8, 4) is 11.3 Å². The van der Waals surface area contributed by atoms with Gasteiger partial charge < -0.3 is 9.64 Å². The quantitative estimate of drug-likeness (QED) is 0.734. The summed E-state index contributed by atoms with van der Waals surface area (Å²) in [6.45, 7) is 7.19. The van der Waals surface area contributed by atoms with Crippen molar-refractivity contribution in [2.75, 3.05) is 26.3 Å². The molecule has 0 N–H and O–H groups in total. The highest BCUT2D eigenvalue weighted by molar-refractivity contribution is 5.92. The van der Waals surface area contributed by atoms with Crippen molar-refractivity contribution in [1.29, 1.82) is 0 Å². The molecule has 2 aliphatic heterocycles. The van der Waals surface area contributed by atoms with E-state index in [1.807, 2.05) is 4.90 Å². The molecule has 0 unspecified atom stereocenters. The van der Waals surface area contributed by atoms with Crippen molar-refractivity contribution in [2.24, 2.45) is 10.8 Å². The fraction of sp³-hybridized carbons (Fsp3) is 0.542. The zero-order valence-corrected chi connectivity index (χ0v) is 17.8. The van der Waals surface area contributed by atoms with Gasteiger partial charge in [-0.05, 0) is 54.4 Å². The summed E-state index contributed by atoms with van der Waals surface area (Å²) in [5, 5.41) is 8.69. The Morgan fingerprint density at radius 1 is 1.16 bits per heavy atom. The predicted molar refractivity (Wildman–Crippen MR) is 109 cm³/mol. The molecule has 2 bridgehead atoms. The van der Waals surface area contributed by atoms with E-state index in [4.69, 9.17) is 4.74 Å². The Hall–Kier alpha value is -2.41. The molecular weight excluding hydrogens is 400 g/mol. The van der Waals surface area contributed by atoms with Gasteiger partial charge >= 0.3 is 0 Å². The number of likely N-dealkylation sites (tertiary alicyclic amines) is 1. The van der Waals surface area contributed by atoms with Gasteiger partial charge in [0.15, 0.2) is 0 Å². The molecule has 2 atom stereocenters. The summed E-state index contributed by atoms with van der Waals surface area (Å²) >= 11 is 0. The van der Waals surface area contributed by atoms with Crippen molar-refractivity contribution in [3.63, 3.8) is 0 Å². The summed E-state index contributed by atoms with van der Waals surface area (Å²) in [4.78, 5) is 16.0. The Kier molecular flexibility index (Phi) is 3.79. The number of aromatic nitrogens is 2. The van der Waals surface area contributed by atoms with Gasteiger partial charge in [0.25, 0.3) is 0 Å². The zero-order valence-electron chi connectivity index (χ0n) is 17.8. The van der Waals surface area contributed by atoms with Crippen LogP contribution in [0.3, 0.4) is 0 Å². The molecule has 1 amide bonds. The van der Waals surface area contributed by atoms with Crippen molar-refractivity contribution >= 4 is 5.91 Å². The number of hydrogen-bond donors (Lipinski definition) is 0. The van der Waals surface area contributed by atoms with Crippen LogP contribution in [0.15, 0.2) is 24.3 Å². The number of rotatable bonds is 2. The van der Waals surface area contributed by atoms with Crippen molar-refractivity contribution in [1.82, 2.24) is 15.1 Å². The Morgan fingerprint density at radius 2 is 1.90 bits per heavy atom. The Labute approximate surface area is 179 Å². The predicted octanol–water partition coefficient (Wildman–Crippen LogP) is 3.83. The van der Waals surface area contributed by atoms with Crippen LogP contribution in [0.1, 0.15) is 50.3 Å². The first-order valence-electron chi connectivity index (χ1n) is 11.0. The molecule has 7 heteroatoms. The van der Waals surface area contributed by atoms with E-state index in [1.165, 1.54) is 18.2 Å². The lowest BCUT2D eigenvalue weighted by atomic mass is 9.67. The summed E-state index contributed by atoms with van der Waals surface area (Å²) in [5.41, 5.74) is 0.690. The molecular formula is C24H25F2N3O2. The standard InChI is InChI=1S/C24H25F2N3O2/c1-22(2)15-6-7-24(22,21(30)29-9-8-23(11-29)12-31-13-23)20-14(15)10-18(27-28-20)19-16(25)4-3-5-17(19)26/h3-5,10,15H,6-9,11-13H2,1-2H3/t15-,24+/m1/s1. The number of fused-ring (bicyclic) bond motifs is 5. The second-order valence-electron chi connectivity index (χ2n) is 10.3. The van der Waals surface area contributed by atoms with Crippen molar-refractivity contribution in [2.45, 2.75) is 44.4 Å². The number of hydrogen-bond acceptors (Lipinski definition) is 4. The molecule has 1 spiro atoms. The minimum absolute atomic E-state index is 0.110. The largest absolute Gasteiger partial charge is 0.380 e. The van der Waals surface area contributed by atoms with E-state index in [0.717, 1.165) is 51.1 Å². The van der Waals surface area contributed by atoms with Crippen molar-refractivity contribution < 1.29 is 18.3 Å². The van der Waals surface area contributed by atoms with Gasteiger partial charge in [-0.25, -0.2) is 8.78 Å². The van der Waals surface area contributed by atoms with Gasteiger partial charge in [0.2, 0.25) is 5.91 Å². The molecule has 4 aliphatic rings. The fourth-order valence-electron chi connectivity index (χ4n) is 6.67. The van der Waals surface area contributed by atoms with Crippen LogP contribution in [0.25, 0.3) is 11.3 Å². The Balaban J connectivity index is 1.44. The van der Waals surface area contributed by atoms with Crippen LogP contribution in [0.2, 0.25) is 0 Å². The van der Waals surface area contributed by atoms with E-state index in [2.05, 4.69) is 24.0 Å². The van der Waals surface area contributed by atoms with Gasteiger partial charge in [0, 0.05) is 18.5 Å². The number of carbonyl (C=O) groups is 1. The van der Waals surface area contributed by atoms with Gasteiger partial charge in [-0.15, -0.1) is 5.10 Å². The maximum Gasteiger partial charge on any atom is 0.235 e. The number of carbonyl (C=O) groups excluding carboxylic acids is 1. The van der Waals surface area contributed by atoms with Gasteiger partial charge in [-0.1, -0.05) is 19.9 Å². The number of nitrogens with zero attached hydrogens (tertiary/aromatic N) is 3. The van der Waals surface area contributed by atoms with E-state index in [9.17, 15) is 13.6 Å². The lowest BCUT2D eigenvalue weighted by Gasteiger charge is -2.41. The molecule has 3 heterocycles. The average molecular weight is 425 g/mol. The number of benzene rings is 1. The van der Waals surface area contributed by atoms with Crippen LogP contribution < -0.4 is 0 Å². The Bertz CT molecular complexity index is 1090. The monoisotopic (exact) mass is 425 g/mol. The molecule has 5 nitrogen and oxygen atoms in total. The SMILES string of the molecule is CC1(C)[C@@H]2CC[C@@]1(C(=O)N1CCC3(COC3)C1)c1nnc(-c3c(F)cccc3F)cc12. The van der Waals surface area contributed by atoms with E-state index in [-0.39, 0.29) is 33.9 Å². The summed E-state index contributed by atoms with van der Waals surface area (Å²) < 4.78 is 34.2. The van der Waals surface area contributed by atoms with E-state index in [1.54, 1.807) is 6.07 Å². The number of halogens is 2. The van der Waals surface area contributed by atoms with Gasteiger partial charge in [0.05, 0.1) is 35.6 Å². The summed E-state index contributed by atoms with van der Waals surface area (Å²) in [7, 11) is 0. The van der Waals surface area contributed by atoms with Crippen LogP contribution in [0, 0.1) is 22.5 Å². The topological polar surface area (TPSA) is 55.3 Å². The smallest absolute Gasteiger partial charge is 0.235 e. The fourth-order valence-corrected chi connectivity index (χ4v) is 6.67. The molecule has 6 rings (SSSR count). The average Bonchev–Trinajstić information content (AvgIpc) is 3.33. The van der Waals surface area contributed by atoms with Crippen LogP contribution in [-0.2, 0) is 14.9 Å². The molecule has 31 heavy (non-hydrogen) atoms. The molecule has 1 saturated carbocycles. The summed E-state index contributed by atoms with van der Waals surface area (Å²) in [6.07, 6.45) is 2.57. The highest BCUT2D eigenvalue weighted by Gasteiger charge is 2.68. The normalized spacial score (nSPS) is 29.3. The first-order chi connectivity index (χ1) is 14.8. The summed E-state index contributed by atoms with van der Waals surface area (Å²) in [5.74, 6) is -1.08. The Morgan fingerprint density at radius 3 is 2.55 bits per heavy atom. The van der Waals surface area contributed by atoms with E-state index >= 15 is 0 Å². The van der Waals surface area contributed by atoms with Gasteiger partial charge in [-0.3, -0.25) is 4.79 Å². The van der Waals surface area contributed by atoms with E-state index < -0.39 is 17.0 Å². The highest BCUT2D eigenvalue weighted by Crippen LogP contribution is 2.68. The molecule has 162 valence electrons. The molecule has 2 aliphatic carbocycles. The third-order valence-corrected chi connectivity index (χ3v) is 8.51. The molecule has 2 aromatic rings. The number of amides is 1. The third kappa shape index (κ3) is 2.30. The van der Waals surface area contributed by atoms with Gasteiger partial charge in [0.1, 0.15) is 11.6 Å². The molecule has 1 aromatic heterocycles. The number of ether oxygens (including phenoxy) is 1. The van der Waals surface area contributed by atoms with Crippen LogP contribution in [0.5, 0.6) is 0 Å². The molecule has 0 radical (unpaired) electrons. The maximum atomic E-state index is 14.4. The van der Waals surface area contributed by atoms with Crippen molar-refractivity contribution in [3.05, 3.63) is 47.2 Å². The van der Waals surface area contributed by atoms with Crippen LogP contribution >= 0.6 is 0 Å².